The molecule has 3 rings (SSSR count). The molecule has 2 heterocycles. The Morgan fingerprint density at radius 2 is 2.03 bits per heavy atom. The van der Waals surface area contributed by atoms with Gasteiger partial charge in [-0.3, -0.25) is 9.89 Å². The third-order valence-electron chi connectivity index (χ3n) is 5.27. The number of likely N-dealkylation sites (tertiary alicyclic amines) is 1. The van der Waals surface area contributed by atoms with Crippen LogP contribution in [0.4, 0.5) is 35.0 Å². The maximum Gasteiger partial charge on any atom is 0.419 e. The van der Waals surface area contributed by atoms with E-state index in [2.05, 4.69) is 37.4 Å². The molecule has 0 spiro atoms. The van der Waals surface area contributed by atoms with Gasteiger partial charge in [-0.25, -0.2) is 9.37 Å². The molecule has 1 aliphatic heterocycles. The van der Waals surface area contributed by atoms with Crippen molar-refractivity contribution in [3.63, 3.8) is 0 Å². The summed E-state index contributed by atoms with van der Waals surface area (Å²) in [5.41, 5.74) is -0.456. The average molecular weight is 453 g/mol. The lowest BCUT2D eigenvalue weighted by atomic mass is 10.2. The zero-order valence-corrected chi connectivity index (χ0v) is 18.5. The molecule has 0 amide bonds. The van der Waals surface area contributed by atoms with Crippen LogP contribution in [0.25, 0.3) is 0 Å². The first-order valence-electron chi connectivity index (χ1n) is 10.3. The fourth-order valence-corrected chi connectivity index (χ4v) is 3.56. The van der Waals surface area contributed by atoms with Gasteiger partial charge in [-0.1, -0.05) is 6.92 Å². The maximum atomic E-state index is 13.9. The summed E-state index contributed by atoms with van der Waals surface area (Å²) in [6.07, 6.45) is -3.74. The Hall–Kier alpha value is -2.95. The lowest BCUT2D eigenvalue weighted by Crippen LogP contribution is -2.35. The Morgan fingerprint density at radius 1 is 1.28 bits per heavy atom. The lowest BCUT2D eigenvalue weighted by Gasteiger charge is -2.22. The number of anilines is 3. The van der Waals surface area contributed by atoms with E-state index in [4.69, 9.17) is 0 Å². The largest absolute Gasteiger partial charge is 0.419 e. The fraction of sp³-hybridized carbons (Fsp3) is 0.476. The number of likely N-dealkylation sites (N-methyl/N-ethyl adjacent to an activating group) is 1. The number of benzene rings is 1. The molecule has 1 aliphatic rings. The molecule has 1 aromatic carbocycles. The van der Waals surface area contributed by atoms with Gasteiger partial charge in [0.15, 0.2) is 0 Å². The highest BCUT2D eigenvalue weighted by atomic mass is 19.4. The van der Waals surface area contributed by atoms with E-state index < -0.39 is 17.6 Å². The van der Waals surface area contributed by atoms with E-state index in [1.165, 1.54) is 7.05 Å². The van der Waals surface area contributed by atoms with Gasteiger partial charge in [0.25, 0.3) is 0 Å². The summed E-state index contributed by atoms with van der Waals surface area (Å²) in [4.78, 5) is 17.0. The van der Waals surface area contributed by atoms with Gasteiger partial charge in [0.1, 0.15) is 11.6 Å². The van der Waals surface area contributed by atoms with E-state index in [-0.39, 0.29) is 17.7 Å². The van der Waals surface area contributed by atoms with Gasteiger partial charge in [-0.2, -0.15) is 18.2 Å². The molecule has 32 heavy (non-hydrogen) atoms. The maximum absolute atomic E-state index is 13.9. The minimum atomic E-state index is -4.76. The van der Waals surface area contributed by atoms with Crippen LogP contribution in [0.15, 0.2) is 29.3 Å². The third kappa shape index (κ3) is 5.64. The number of aryl methyl sites for hydroxylation is 1. The standard InChI is InChI=1S/C21H27F4N7/c1-5-32-9-8-15(12-32)28-18-10-13(2)27-20(30-18)31(4)19(26-3)29-14-6-7-16(17(22)11-14)21(23,24)25/h6-7,10-11,15H,5,8-9,12H2,1-4H3,(H,26,29)(H,27,28,30). The summed E-state index contributed by atoms with van der Waals surface area (Å²) >= 11 is 0. The fourth-order valence-electron chi connectivity index (χ4n) is 3.56. The van der Waals surface area contributed by atoms with Crippen molar-refractivity contribution in [2.24, 2.45) is 4.99 Å². The molecule has 2 N–H and O–H groups in total. The molecule has 0 saturated carbocycles. The molecule has 0 bridgehead atoms. The predicted molar refractivity (Wildman–Crippen MR) is 118 cm³/mol. The van der Waals surface area contributed by atoms with E-state index >= 15 is 0 Å². The van der Waals surface area contributed by atoms with Crippen LogP contribution in [0.2, 0.25) is 0 Å². The number of aliphatic imine (C=N–C) groups is 1. The first-order valence-corrected chi connectivity index (χ1v) is 10.3. The van der Waals surface area contributed by atoms with Crippen LogP contribution in [0.5, 0.6) is 0 Å². The normalized spacial score (nSPS) is 17.5. The van der Waals surface area contributed by atoms with Crippen LogP contribution in [0.3, 0.4) is 0 Å². The Bertz CT molecular complexity index is 977. The number of nitrogens with zero attached hydrogens (tertiary/aromatic N) is 5. The second-order valence-electron chi connectivity index (χ2n) is 7.64. The summed E-state index contributed by atoms with van der Waals surface area (Å²) in [7, 11) is 3.18. The topological polar surface area (TPSA) is 68.7 Å². The minimum Gasteiger partial charge on any atom is -0.366 e. The van der Waals surface area contributed by atoms with Gasteiger partial charge in [0, 0.05) is 50.7 Å². The van der Waals surface area contributed by atoms with E-state index in [9.17, 15) is 17.6 Å². The van der Waals surface area contributed by atoms with E-state index in [1.807, 2.05) is 13.0 Å². The second-order valence-corrected chi connectivity index (χ2v) is 7.64. The van der Waals surface area contributed by atoms with Gasteiger partial charge in [0.2, 0.25) is 11.9 Å². The van der Waals surface area contributed by atoms with E-state index in [0.717, 1.165) is 43.9 Å². The molecule has 1 saturated heterocycles. The quantitative estimate of drug-likeness (QED) is 0.406. The number of aromatic nitrogens is 2. The van der Waals surface area contributed by atoms with Crippen LogP contribution >= 0.6 is 0 Å². The monoisotopic (exact) mass is 453 g/mol. The average Bonchev–Trinajstić information content (AvgIpc) is 3.17. The molecule has 1 fully saturated rings. The number of guanidine groups is 1. The van der Waals surface area contributed by atoms with Crippen molar-refractivity contribution in [2.45, 2.75) is 32.5 Å². The van der Waals surface area contributed by atoms with Crippen LogP contribution in [0.1, 0.15) is 24.6 Å². The molecule has 1 atom stereocenters. The number of rotatable bonds is 5. The zero-order valence-electron chi connectivity index (χ0n) is 18.5. The summed E-state index contributed by atoms with van der Waals surface area (Å²) in [5, 5.41) is 6.27. The second kappa shape index (κ2) is 9.68. The highest BCUT2D eigenvalue weighted by molar-refractivity contribution is 6.04. The summed E-state index contributed by atoms with van der Waals surface area (Å²) in [5.74, 6) is -0.0908. The van der Waals surface area contributed by atoms with Crippen LogP contribution < -0.4 is 15.5 Å². The van der Waals surface area contributed by atoms with Gasteiger partial charge in [-0.05, 0) is 38.1 Å². The summed E-state index contributed by atoms with van der Waals surface area (Å²) < 4.78 is 52.3. The summed E-state index contributed by atoms with van der Waals surface area (Å²) in [6.45, 7) is 6.95. The highest BCUT2D eigenvalue weighted by Gasteiger charge is 2.34. The lowest BCUT2D eigenvalue weighted by molar-refractivity contribution is -0.139. The Balaban J connectivity index is 1.76. The van der Waals surface area contributed by atoms with Crippen molar-refractivity contribution in [3.05, 3.63) is 41.3 Å². The van der Waals surface area contributed by atoms with Crippen molar-refractivity contribution >= 4 is 23.4 Å². The number of halogens is 4. The van der Waals surface area contributed by atoms with Crippen molar-refractivity contribution in [1.82, 2.24) is 14.9 Å². The molecule has 0 aliphatic carbocycles. The van der Waals surface area contributed by atoms with Crippen LogP contribution in [-0.2, 0) is 6.18 Å². The van der Waals surface area contributed by atoms with Crippen molar-refractivity contribution < 1.29 is 17.6 Å². The van der Waals surface area contributed by atoms with E-state index in [1.54, 1.807) is 11.9 Å². The van der Waals surface area contributed by atoms with Gasteiger partial charge < -0.3 is 15.5 Å². The third-order valence-corrected chi connectivity index (χ3v) is 5.27. The molecular weight excluding hydrogens is 426 g/mol. The van der Waals surface area contributed by atoms with E-state index in [0.29, 0.717) is 17.8 Å². The molecule has 2 aromatic rings. The molecule has 174 valence electrons. The van der Waals surface area contributed by atoms with Crippen LogP contribution in [0, 0.1) is 12.7 Å². The molecular formula is C21H27F4N7. The van der Waals surface area contributed by atoms with Crippen LogP contribution in [-0.4, -0.2) is 60.6 Å². The number of alkyl halides is 3. The first-order chi connectivity index (χ1) is 15.1. The molecule has 11 heteroatoms. The Kier molecular flexibility index (Phi) is 7.17. The number of hydrogen-bond acceptors (Lipinski definition) is 5. The number of nitrogens with one attached hydrogen (secondary N) is 2. The molecule has 1 unspecified atom stereocenters. The van der Waals surface area contributed by atoms with Crippen molar-refractivity contribution in [1.29, 1.82) is 0 Å². The zero-order chi connectivity index (χ0) is 23.5. The highest BCUT2D eigenvalue weighted by Crippen LogP contribution is 2.32. The molecule has 7 nitrogen and oxygen atoms in total. The predicted octanol–water partition coefficient (Wildman–Crippen LogP) is 3.98. The first kappa shape index (κ1) is 23.7. The number of hydrogen-bond donors (Lipinski definition) is 2. The molecule has 0 radical (unpaired) electrons. The van der Waals surface area contributed by atoms with Gasteiger partial charge in [-0.15, -0.1) is 0 Å². The van der Waals surface area contributed by atoms with Gasteiger partial charge in [0.05, 0.1) is 5.56 Å². The van der Waals surface area contributed by atoms with Crippen molar-refractivity contribution in [2.75, 3.05) is 49.3 Å². The minimum absolute atomic E-state index is 0.125. The van der Waals surface area contributed by atoms with Crippen molar-refractivity contribution in [3.8, 4) is 0 Å². The Morgan fingerprint density at radius 3 is 2.62 bits per heavy atom. The Labute approximate surface area is 184 Å². The SMILES string of the molecule is CCN1CCC(Nc2cc(C)nc(N(C)C(=NC)Nc3ccc(C(F)(F)F)c(F)c3)n2)C1. The smallest absolute Gasteiger partial charge is 0.366 e. The summed E-state index contributed by atoms with van der Waals surface area (Å²) in [6, 6.07) is 4.76. The molecule has 1 aromatic heterocycles. The van der Waals surface area contributed by atoms with Gasteiger partial charge >= 0.3 is 6.18 Å².